The van der Waals surface area contributed by atoms with Crippen molar-refractivity contribution in [3.8, 4) is 11.8 Å². The molecule has 3 aromatic rings. The number of hydrogen-bond acceptors (Lipinski definition) is 3. The summed E-state index contributed by atoms with van der Waals surface area (Å²) >= 11 is -0.154. The Morgan fingerprint density at radius 3 is 2.68 bits per heavy atom. The monoisotopic (exact) mass is 358 g/mol. The van der Waals surface area contributed by atoms with E-state index in [0.29, 0.717) is 18.7 Å². The first kappa shape index (κ1) is 14.6. The van der Waals surface area contributed by atoms with E-state index in [1.54, 1.807) is 12.1 Å². The third kappa shape index (κ3) is 2.85. The number of nitriles is 1. The molecule has 1 heterocycles. The molecule has 0 N–H and O–H groups in total. The van der Waals surface area contributed by atoms with Crippen LogP contribution < -0.4 is 9.17 Å². The fourth-order valence-electron chi connectivity index (χ4n) is 2.28. The standard InChI is InChI=1S/C17H14N2O2Se/c1-2-19-15-8-7-14(9-16(15)22-17(19)20)21-11-13-5-3-12(10-18)4-6-13/h3-9H,2,11H2,1H3. The van der Waals surface area contributed by atoms with Crippen molar-refractivity contribution < 1.29 is 4.74 Å². The Bertz CT molecular complexity index is 901. The zero-order valence-corrected chi connectivity index (χ0v) is 13.8. The van der Waals surface area contributed by atoms with Gasteiger partial charge in [-0.1, -0.05) is 0 Å². The molecule has 0 unspecified atom stereocenters. The summed E-state index contributed by atoms with van der Waals surface area (Å²) in [7, 11) is 0. The molecule has 0 aliphatic carbocycles. The van der Waals surface area contributed by atoms with Crippen molar-refractivity contribution in [2.45, 2.75) is 20.1 Å². The summed E-state index contributed by atoms with van der Waals surface area (Å²) in [5, 5.41) is 8.78. The molecule has 0 aliphatic heterocycles. The Morgan fingerprint density at radius 2 is 2.00 bits per heavy atom. The van der Waals surface area contributed by atoms with Gasteiger partial charge in [-0.15, -0.1) is 0 Å². The number of fused-ring (bicyclic) bond motifs is 1. The van der Waals surface area contributed by atoms with Crippen molar-refractivity contribution in [1.29, 1.82) is 5.26 Å². The third-order valence-electron chi connectivity index (χ3n) is 3.44. The van der Waals surface area contributed by atoms with E-state index in [-0.39, 0.29) is 18.9 Å². The van der Waals surface area contributed by atoms with Crippen LogP contribution in [-0.2, 0) is 13.2 Å². The molecule has 0 radical (unpaired) electrons. The fourth-order valence-corrected chi connectivity index (χ4v) is 4.34. The van der Waals surface area contributed by atoms with Gasteiger partial charge in [0, 0.05) is 0 Å². The Morgan fingerprint density at radius 1 is 1.23 bits per heavy atom. The molecular formula is C17H14N2O2Se. The van der Waals surface area contributed by atoms with E-state index in [2.05, 4.69) is 6.07 Å². The SMILES string of the molecule is CCn1c(=O)[se]c2cc(OCc3ccc(C#N)cc3)ccc21. The van der Waals surface area contributed by atoms with Gasteiger partial charge in [0.1, 0.15) is 0 Å². The van der Waals surface area contributed by atoms with Crippen molar-refractivity contribution >= 4 is 24.3 Å². The third-order valence-corrected chi connectivity index (χ3v) is 5.42. The Balaban J connectivity index is 1.79. The molecule has 0 saturated carbocycles. The van der Waals surface area contributed by atoms with Gasteiger partial charge in [-0.25, -0.2) is 0 Å². The Labute approximate surface area is 133 Å². The summed E-state index contributed by atoms with van der Waals surface area (Å²) in [6, 6.07) is 15.3. The van der Waals surface area contributed by atoms with Gasteiger partial charge in [-0.05, 0) is 0 Å². The molecule has 0 atom stereocenters. The number of aromatic nitrogens is 1. The van der Waals surface area contributed by atoms with Crippen molar-refractivity contribution in [2.75, 3.05) is 0 Å². The Hall–Kier alpha value is -2.28. The van der Waals surface area contributed by atoms with E-state index >= 15 is 0 Å². The second-order valence-electron chi connectivity index (χ2n) is 4.84. The fraction of sp³-hybridized carbons (Fsp3) is 0.176. The molecule has 5 heteroatoms. The van der Waals surface area contributed by atoms with Crippen LogP contribution in [0, 0.1) is 11.3 Å². The molecule has 4 nitrogen and oxygen atoms in total. The van der Waals surface area contributed by atoms with Crippen LogP contribution in [0.3, 0.4) is 0 Å². The zero-order chi connectivity index (χ0) is 15.5. The molecule has 110 valence electrons. The van der Waals surface area contributed by atoms with Crippen LogP contribution in [0.4, 0.5) is 0 Å². The van der Waals surface area contributed by atoms with Crippen LogP contribution in [0.1, 0.15) is 18.1 Å². The van der Waals surface area contributed by atoms with Gasteiger partial charge in [-0.2, -0.15) is 0 Å². The molecule has 3 rings (SSSR count). The van der Waals surface area contributed by atoms with Gasteiger partial charge in [0.2, 0.25) is 0 Å². The summed E-state index contributed by atoms with van der Waals surface area (Å²) < 4.78 is 8.89. The normalized spacial score (nSPS) is 10.5. The van der Waals surface area contributed by atoms with E-state index in [0.717, 1.165) is 21.1 Å². The number of rotatable bonds is 4. The maximum atomic E-state index is 11.9. The van der Waals surface area contributed by atoms with E-state index in [1.165, 1.54) is 0 Å². The molecule has 0 saturated heterocycles. The van der Waals surface area contributed by atoms with E-state index in [9.17, 15) is 4.79 Å². The number of hydrogen-bond donors (Lipinski definition) is 0. The number of nitrogens with zero attached hydrogens (tertiary/aromatic N) is 2. The van der Waals surface area contributed by atoms with Crippen LogP contribution in [-0.4, -0.2) is 19.1 Å². The van der Waals surface area contributed by atoms with Gasteiger partial charge >= 0.3 is 134 Å². The molecule has 0 bridgehead atoms. The Kier molecular flexibility index (Phi) is 4.15. The van der Waals surface area contributed by atoms with E-state index < -0.39 is 0 Å². The average molecular weight is 357 g/mol. The first-order chi connectivity index (χ1) is 10.7. The molecule has 2 aromatic carbocycles. The summed E-state index contributed by atoms with van der Waals surface area (Å²) in [5.74, 6) is 0.774. The van der Waals surface area contributed by atoms with Gasteiger partial charge in [0.25, 0.3) is 0 Å². The second kappa shape index (κ2) is 6.23. The van der Waals surface area contributed by atoms with E-state index in [4.69, 9.17) is 10.00 Å². The molecule has 22 heavy (non-hydrogen) atoms. The van der Waals surface area contributed by atoms with Crippen molar-refractivity contribution in [2.24, 2.45) is 0 Å². The predicted molar refractivity (Wildman–Crippen MR) is 86.3 cm³/mol. The number of aryl methyl sites for hydroxylation is 1. The topological polar surface area (TPSA) is 55.0 Å². The van der Waals surface area contributed by atoms with Crippen molar-refractivity contribution in [3.63, 3.8) is 0 Å². The number of ether oxygens (including phenoxy) is 1. The van der Waals surface area contributed by atoms with Crippen LogP contribution >= 0.6 is 0 Å². The van der Waals surface area contributed by atoms with E-state index in [1.807, 2.05) is 41.8 Å². The van der Waals surface area contributed by atoms with Crippen LogP contribution in [0.25, 0.3) is 9.78 Å². The van der Waals surface area contributed by atoms with Crippen molar-refractivity contribution in [1.82, 2.24) is 4.57 Å². The summed E-state index contributed by atoms with van der Waals surface area (Å²) in [6.45, 7) is 3.14. The molecule has 0 spiro atoms. The zero-order valence-electron chi connectivity index (χ0n) is 12.1. The maximum absolute atomic E-state index is 11.9. The summed E-state index contributed by atoms with van der Waals surface area (Å²) in [6.07, 6.45) is 0. The summed E-state index contributed by atoms with van der Waals surface area (Å²) in [5.41, 5.74) is 2.66. The molecule has 0 amide bonds. The molecule has 0 fully saturated rings. The first-order valence-electron chi connectivity index (χ1n) is 6.96. The van der Waals surface area contributed by atoms with Crippen LogP contribution in [0.2, 0.25) is 0 Å². The van der Waals surface area contributed by atoms with Crippen molar-refractivity contribution in [3.05, 3.63) is 62.8 Å². The second-order valence-corrected chi connectivity index (χ2v) is 6.92. The summed E-state index contributed by atoms with van der Waals surface area (Å²) in [4.78, 5) is 11.9. The minimum atomic E-state index is -0.154. The van der Waals surface area contributed by atoms with Crippen LogP contribution in [0.5, 0.6) is 5.75 Å². The minimum absolute atomic E-state index is 0.154. The molecule has 0 aliphatic rings. The van der Waals surface area contributed by atoms with Crippen LogP contribution in [0.15, 0.2) is 47.3 Å². The van der Waals surface area contributed by atoms with Gasteiger partial charge in [0.05, 0.1) is 0 Å². The molecular weight excluding hydrogens is 343 g/mol. The number of benzene rings is 2. The van der Waals surface area contributed by atoms with Gasteiger partial charge in [-0.3, -0.25) is 0 Å². The average Bonchev–Trinajstić information content (AvgIpc) is 2.87. The van der Waals surface area contributed by atoms with Gasteiger partial charge in [0.15, 0.2) is 0 Å². The van der Waals surface area contributed by atoms with Gasteiger partial charge < -0.3 is 0 Å². The quantitative estimate of drug-likeness (QED) is 0.675. The first-order valence-corrected chi connectivity index (χ1v) is 8.68. The predicted octanol–water partition coefficient (Wildman–Crippen LogP) is 2.53. The molecule has 1 aromatic heterocycles.